The lowest BCUT2D eigenvalue weighted by atomic mass is 10.00. The Balaban J connectivity index is 1.66. The fourth-order valence-corrected chi connectivity index (χ4v) is 4.46. The summed E-state index contributed by atoms with van der Waals surface area (Å²) in [5.41, 5.74) is 1.69. The summed E-state index contributed by atoms with van der Waals surface area (Å²) in [6, 6.07) is 9.98. The number of thiazole rings is 1. The van der Waals surface area contributed by atoms with E-state index in [9.17, 15) is 4.79 Å². The van der Waals surface area contributed by atoms with Crippen LogP contribution in [-0.2, 0) is 4.74 Å². The Morgan fingerprint density at radius 2 is 1.89 bits per heavy atom. The van der Waals surface area contributed by atoms with Gasteiger partial charge < -0.3 is 10.1 Å². The third-order valence-electron chi connectivity index (χ3n) is 4.98. The number of amides is 1. The summed E-state index contributed by atoms with van der Waals surface area (Å²) in [5.74, 6) is -0.0467. The van der Waals surface area contributed by atoms with E-state index in [0.717, 1.165) is 29.4 Å². The minimum absolute atomic E-state index is 0.0467. The summed E-state index contributed by atoms with van der Waals surface area (Å²) in [6.45, 7) is 12.8. The highest BCUT2D eigenvalue weighted by Gasteiger charge is 2.33. The van der Waals surface area contributed by atoms with E-state index in [-0.39, 0.29) is 23.7 Å². The standard InChI is InChI=1S/C21H29N3O2S/c1-14-11-24(12-15(2)26-14)21(4,5)13-22-19(25)18-16(3)23-20(27-18)17-9-7-6-8-10-17/h6-10,14-15H,11-13H2,1-5H3,(H,22,25)/t14-,15+. The topological polar surface area (TPSA) is 54.5 Å². The third-order valence-corrected chi connectivity index (χ3v) is 6.19. The van der Waals surface area contributed by atoms with E-state index in [1.807, 2.05) is 37.3 Å². The maximum atomic E-state index is 12.8. The van der Waals surface area contributed by atoms with Crippen molar-refractivity contribution in [3.63, 3.8) is 0 Å². The van der Waals surface area contributed by atoms with Gasteiger partial charge in [-0.2, -0.15) is 0 Å². The Kier molecular flexibility index (Phi) is 5.99. The first-order valence-corrected chi connectivity index (χ1v) is 10.3. The van der Waals surface area contributed by atoms with Crippen LogP contribution >= 0.6 is 11.3 Å². The first kappa shape index (κ1) is 20.0. The molecule has 1 aromatic carbocycles. The smallest absolute Gasteiger partial charge is 0.263 e. The van der Waals surface area contributed by atoms with Crippen molar-refractivity contribution >= 4 is 17.2 Å². The number of aromatic nitrogens is 1. The van der Waals surface area contributed by atoms with E-state index >= 15 is 0 Å². The first-order valence-electron chi connectivity index (χ1n) is 9.48. The van der Waals surface area contributed by atoms with Crippen molar-refractivity contribution in [2.45, 2.75) is 52.4 Å². The first-order chi connectivity index (χ1) is 12.8. The molecule has 146 valence electrons. The Morgan fingerprint density at radius 3 is 2.52 bits per heavy atom. The van der Waals surface area contributed by atoms with Crippen LogP contribution in [0, 0.1) is 6.92 Å². The quantitative estimate of drug-likeness (QED) is 0.849. The summed E-state index contributed by atoms with van der Waals surface area (Å²) < 4.78 is 5.83. The minimum atomic E-state index is -0.136. The van der Waals surface area contributed by atoms with E-state index in [0.29, 0.717) is 11.4 Å². The fourth-order valence-electron chi connectivity index (χ4n) is 3.47. The van der Waals surface area contributed by atoms with Gasteiger partial charge >= 0.3 is 0 Å². The van der Waals surface area contributed by atoms with Gasteiger partial charge in [-0.3, -0.25) is 9.69 Å². The number of carbonyl (C=O) groups excluding carboxylic acids is 1. The van der Waals surface area contributed by atoms with Crippen LogP contribution in [0.2, 0.25) is 0 Å². The van der Waals surface area contributed by atoms with Gasteiger partial charge in [-0.1, -0.05) is 30.3 Å². The van der Waals surface area contributed by atoms with Gasteiger partial charge in [0.15, 0.2) is 0 Å². The SMILES string of the molecule is Cc1nc(-c2ccccc2)sc1C(=O)NCC(C)(C)N1C[C@@H](C)O[C@@H](C)C1. The van der Waals surface area contributed by atoms with Gasteiger partial charge in [0.05, 0.1) is 17.9 Å². The van der Waals surface area contributed by atoms with Crippen molar-refractivity contribution < 1.29 is 9.53 Å². The molecule has 0 aliphatic carbocycles. The molecule has 1 aromatic heterocycles. The maximum Gasteiger partial charge on any atom is 0.263 e. The monoisotopic (exact) mass is 387 g/mol. The van der Waals surface area contributed by atoms with Gasteiger partial charge in [-0.25, -0.2) is 4.98 Å². The second-order valence-corrected chi connectivity index (χ2v) is 8.96. The zero-order valence-electron chi connectivity index (χ0n) is 16.8. The van der Waals surface area contributed by atoms with Crippen molar-refractivity contribution in [2.24, 2.45) is 0 Å². The number of aryl methyl sites for hydroxylation is 1. The largest absolute Gasteiger partial charge is 0.373 e. The van der Waals surface area contributed by atoms with E-state index < -0.39 is 0 Å². The molecular weight excluding hydrogens is 358 g/mol. The molecule has 1 saturated heterocycles. The number of nitrogens with zero attached hydrogens (tertiary/aromatic N) is 2. The lowest BCUT2D eigenvalue weighted by Crippen LogP contribution is -2.58. The molecule has 6 heteroatoms. The molecule has 1 amide bonds. The van der Waals surface area contributed by atoms with Crippen LogP contribution in [0.4, 0.5) is 0 Å². The van der Waals surface area contributed by atoms with E-state index in [1.165, 1.54) is 11.3 Å². The predicted molar refractivity (Wildman–Crippen MR) is 110 cm³/mol. The fraction of sp³-hybridized carbons (Fsp3) is 0.524. The van der Waals surface area contributed by atoms with Crippen molar-refractivity contribution in [3.8, 4) is 10.6 Å². The van der Waals surface area contributed by atoms with Gasteiger partial charge in [0.2, 0.25) is 0 Å². The maximum absolute atomic E-state index is 12.8. The lowest BCUT2D eigenvalue weighted by molar-refractivity contribution is -0.0948. The molecule has 0 spiro atoms. The average Bonchev–Trinajstić information content (AvgIpc) is 3.01. The summed E-state index contributed by atoms with van der Waals surface area (Å²) in [5, 5.41) is 4.00. The molecule has 27 heavy (non-hydrogen) atoms. The number of benzene rings is 1. The van der Waals surface area contributed by atoms with Gasteiger partial charge in [0, 0.05) is 30.7 Å². The van der Waals surface area contributed by atoms with E-state index in [4.69, 9.17) is 4.74 Å². The molecule has 2 atom stereocenters. The van der Waals surface area contributed by atoms with Crippen LogP contribution in [0.25, 0.3) is 10.6 Å². The number of carbonyl (C=O) groups is 1. The molecule has 2 aromatic rings. The Bertz CT molecular complexity index is 778. The molecule has 1 N–H and O–H groups in total. The van der Waals surface area contributed by atoms with Gasteiger partial charge in [-0.15, -0.1) is 11.3 Å². The minimum Gasteiger partial charge on any atom is -0.373 e. The molecular formula is C21H29N3O2S. The highest BCUT2D eigenvalue weighted by molar-refractivity contribution is 7.17. The van der Waals surface area contributed by atoms with Crippen LogP contribution in [0.3, 0.4) is 0 Å². The Morgan fingerprint density at radius 1 is 1.26 bits per heavy atom. The third kappa shape index (κ3) is 4.75. The molecule has 2 heterocycles. The van der Waals surface area contributed by atoms with Crippen LogP contribution in [0.15, 0.2) is 30.3 Å². The number of hydrogen-bond acceptors (Lipinski definition) is 5. The molecule has 0 radical (unpaired) electrons. The number of ether oxygens (including phenoxy) is 1. The van der Waals surface area contributed by atoms with Crippen molar-refractivity contribution in [2.75, 3.05) is 19.6 Å². The number of morpholine rings is 1. The molecule has 1 aliphatic heterocycles. The molecule has 0 unspecified atom stereocenters. The van der Waals surface area contributed by atoms with Gasteiger partial charge in [0.25, 0.3) is 5.91 Å². The predicted octanol–water partition coefficient (Wildman–Crippen LogP) is 3.74. The zero-order chi connectivity index (χ0) is 19.6. The Labute approximate surface area is 165 Å². The van der Waals surface area contributed by atoms with Crippen LogP contribution in [-0.4, -0.2) is 53.2 Å². The number of nitrogens with one attached hydrogen (secondary N) is 1. The average molecular weight is 388 g/mol. The van der Waals surface area contributed by atoms with E-state index in [1.54, 1.807) is 0 Å². The lowest BCUT2D eigenvalue weighted by Gasteiger charge is -2.45. The zero-order valence-corrected chi connectivity index (χ0v) is 17.6. The van der Waals surface area contributed by atoms with Crippen LogP contribution in [0.1, 0.15) is 43.1 Å². The highest BCUT2D eigenvalue weighted by atomic mass is 32.1. The highest BCUT2D eigenvalue weighted by Crippen LogP contribution is 2.28. The molecule has 1 aliphatic rings. The van der Waals surface area contributed by atoms with Gasteiger partial charge in [-0.05, 0) is 34.6 Å². The summed E-state index contributed by atoms with van der Waals surface area (Å²) in [6.07, 6.45) is 0.418. The van der Waals surface area contributed by atoms with Crippen molar-refractivity contribution in [3.05, 3.63) is 40.9 Å². The Hall–Kier alpha value is -1.76. The second-order valence-electron chi connectivity index (χ2n) is 7.96. The van der Waals surface area contributed by atoms with E-state index in [2.05, 4.69) is 42.9 Å². The second kappa shape index (κ2) is 8.09. The summed E-state index contributed by atoms with van der Waals surface area (Å²) in [4.78, 5) is 20.5. The number of rotatable bonds is 5. The summed E-state index contributed by atoms with van der Waals surface area (Å²) in [7, 11) is 0. The molecule has 1 fully saturated rings. The van der Waals surface area contributed by atoms with Crippen molar-refractivity contribution in [1.29, 1.82) is 0 Å². The summed E-state index contributed by atoms with van der Waals surface area (Å²) >= 11 is 1.45. The normalized spacial score (nSPS) is 21.2. The van der Waals surface area contributed by atoms with Crippen LogP contribution < -0.4 is 5.32 Å². The molecule has 0 saturated carbocycles. The van der Waals surface area contributed by atoms with Crippen molar-refractivity contribution in [1.82, 2.24) is 15.2 Å². The van der Waals surface area contributed by atoms with Crippen LogP contribution in [0.5, 0.6) is 0 Å². The molecule has 5 nitrogen and oxygen atoms in total. The van der Waals surface area contributed by atoms with Gasteiger partial charge in [0.1, 0.15) is 9.88 Å². The molecule has 0 bridgehead atoms. The molecule has 3 rings (SSSR count). The number of hydrogen-bond donors (Lipinski definition) is 1.